The lowest BCUT2D eigenvalue weighted by atomic mass is 9.68. The van der Waals surface area contributed by atoms with Crippen LogP contribution in [0.5, 0.6) is 11.5 Å². The number of aliphatic hydroxyl groups excluding tert-OH is 1. The fraction of sp³-hybridized carbons (Fsp3) is 0.450. The Morgan fingerprint density at radius 2 is 2.22 bits per heavy atom. The average Bonchev–Trinajstić information content (AvgIpc) is 3.21. The van der Waals surface area contributed by atoms with Crippen LogP contribution in [0.3, 0.4) is 0 Å². The molecule has 4 aliphatic rings. The van der Waals surface area contributed by atoms with E-state index < -0.39 is 12.1 Å². The second-order valence-corrected chi connectivity index (χ2v) is 7.33. The van der Waals surface area contributed by atoms with Crippen molar-refractivity contribution in [2.24, 2.45) is 0 Å². The molecule has 1 N–H and O–H groups in total. The molecule has 4 atom stereocenters. The van der Waals surface area contributed by atoms with E-state index in [1.165, 1.54) is 13.4 Å². The minimum atomic E-state index is -0.533. The van der Waals surface area contributed by atoms with E-state index >= 15 is 0 Å². The monoisotopic (exact) mass is 371 g/mol. The second kappa shape index (κ2) is 5.74. The van der Waals surface area contributed by atoms with Gasteiger partial charge in [-0.3, -0.25) is 0 Å². The number of nitrogens with zero attached hydrogens (tertiary/aromatic N) is 1. The van der Waals surface area contributed by atoms with Crippen LogP contribution in [0.2, 0.25) is 0 Å². The lowest BCUT2D eigenvalue weighted by molar-refractivity contribution is -0.138. The fourth-order valence-electron chi connectivity index (χ4n) is 4.85. The predicted octanol–water partition coefficient (Wildman–Crippen LogP) is 1.76. The molecule has 7 nitrogen and oxygen atoms in total. The maximum atomic E-state index is 12.3. The molecule has 3 heterocycles. The number of ether oxygens (including phenoxy) is 3. The van der Waals surface area contributed by atoms with E-state index in [1.807, 2.05) is 23.3 Å². The molecule has 0 radical (unpaired) electrons. The number of fused-ring (bicyclic) bond motifs is 2. The van der Waals surface area contributed by atoms with E-state index in [-0.39, 0.29) is 17.6 Å². The summed E-state index contributed by atoms with van der Waals surface area (Å²) in [7, 11) is 2.98. The van der Waals surface area contributed by atoms with Crippen LogP contribution in [-0.4, -0.2) is 49.1 Å². The van der Waals surface area contributed by atoms with Gasteiger partial charge in [0.05, 0.1) is 31.3 Å². The van der Waals surface area contributed by atoms with E-state index in [1.54, 1.807) is 7.11 Å². The van der Waals surface area contributed by atoms with E-state index in [0.29, 0.717) is 30.0 Å². The van der Waals surface area contributed by atoms with E-state index in [2.05, 4.69) is 6.08 Å². The molecule has 3 aliphatic heterocycles. The van der Waals surface area contributed by atoms with Gasteiger partial charge in [0.25, 0.3) is 0 Å². The Morgan fingerprint density at radius 3 is 3.00 bits per heavy atom. The highest BCUT2D eigenvalue weighted by atomic mass is 16.7. The van der Waals surface area contributed by atoms with Crippen LogP contribution in [0.4, 0.5) is 0 Å². The molecule has 27 heavy (non-hydrogen) atoms. The summed E-state index contributed by atoms with van der Waals surface area (Å²) in [6.07, 6.45) is 5.91. The van der Waals surface area contributed by atoms with Crippen molar-refractivity contribution in [3.8, 4) is 11.5 Å². The molecule has 1 aliphatic carbocycles. The normalized spacial score (nSPS) is 33.0. The molecule has 0 saturated heterocycles. The lowest BCUT2D eigenvalue weighted by Gasteiger charge is -2.35. The molecule has 0 aromatic heterocycles. The standard InChI is InChI=1S/C20H21NO6/c1-24-14-4-3-12-16-18(14)27-15-9-11(22)5-6-20(15,16)7-8-21-17(12)13(10-26-21)19(23)25-2/h3-6,10-11,15,17,22H,7-9H2,1-2H3/t11-,15-,17-,20-/m0/s1. The first-order valence-electron chi connectivity index (χ1n) is 9.06. The Labute approximate surface area is 156 Å². The van der Waals surface area contributed by atoms with Gasteiger partial charge in [0, 0.05) is 18.5 Å². The van der Waals surface area contributed by atoms with Crippen LogP contribution in [-0.2, 0) is 19.8 Å². The van der Waals surface area contributed by atoms with Crippen molar-refractivity contribution in [1.82, 2.24) is 5.06 Å². The zero-order valence-electron chi connectivity index (χ0n) is 15.2. The highest BCUT2D eigenvalue weighted by molar-refractivity contribution is 5.90. The van der Waals surface area contributed by atoms with Crippen molar-refractivity contribution >= 4 is 5.97 Å². The molecule has 0 bridgehead atoms. The second-order valence-electron chi connectivity index (χ2n) is 7.33. The lowest BCUT2D eigenvalue weighted by Crippen LogP contribution is -2.42. The third kappa shape index (κ3) is 2.12. The predicted molar refractivity (Wildman–Crippen MR) is 94.1 cm³/mol. The number of hydroxylamine groups is 2. The van der Waals surface area contributed by atoms with Gasteiger partial charge in [-0.1, -0.05) is 18.2 Å². The summed E-state index contributed by atoms with van der Waals surface area (Å²) in [6.45, 7) is 0.610. The van der Waals surface area contributed by atoms with Crippen molar-refractivity contribution in [2.45, 2.75) is 36.5 Å². The fourth-order valence-corrected chi connectivity index (χ4v) is 4.85. The Bertz CT molecular complexity index is 877. The average molecular weight is 371 g/mol. The minimum Gasteiger partial charge on any atom is -0.493 e. The number of hydrogen-bond acceptors (Lipinski definition) is 7. The van der Waals surface area contributed by atoms with Gasteiger partial charge in [0.1, 0.15) is 18.4 Å². The summed E-state index contributed by atoms with van der Waals surface area (Å²) in [4.78, 5) is 18.0. The molecule has 0 saturated carbocycles. The third-order valence-electron chi connectivity index (χ3n) is 6.10. The smallest absolute Gasteiger partial charge is 0.339 e. The van der Waals surface area contributed by atoms with Crippen molar-refractivity contribution in [3.63, 3.8) is 0 Å². The Hall–Kier alpha value is -2.51. The van der Waals surface area contributed by atoms with Crippen LogP contribution in [0.25, 0.3) is 0 Å². The van der Waals surface area contributed by atoms with Gasteiger partial charge in [-0.25, -0.2) is 4.79 Å². The number of carbonyl (C=O) groups is 1. The molecule has 0 unspecified atom stereocenters. The van der Waals surface area contributed by atoms with Crippen molar-refractivity contribution < 1.29 is 28.9 Å². The van der Waals surface area contributed by atoms with Crippen molar-refractivity contribution in [1.29, 1.82) is 0 Å². The summed E-state index contributed by atoms with van der Waals surface area (Å²) in [6, 6.07) is 3.47. The maximum Gasteiger partial charge on any atom is 0.339 e. The van der Waals surface area contributed by atoms with E-state index in [9.17, 15) is 9.90 Å². The molecule has 7 heteroatoms. The number of esters is 1. The number of carbonyl (C=O) groups excluding carboxylic acids is 1. The first-order valence-corrected chi connectivity index (χ1v) is 9.06. The van der Waals surface area contributed by atoms with Gasteiger partial charge in [-0.05, 0) is 18.1 Å². The maximum absolute atomic E-state index is 12.3. The van der Waals surface area contributed by atoms with Gasteiger partial charge in [0.15, 0.2) is 11.5 Å². The largest absolute Gasteiger partial charge is 0.493 e. The highest BCUT2D eigenvalue weighted by Crippen LogP contribution is 2.58. The molecule has 0 amide bonds. The summed E-state index contributed by atoms with van der Waals surface area (Å²) in [5.41, 5.74) is 2.04. The number of rotatable bonds is 2. The van der Waals surface area contributed by atoms with Crippen molar-refractivity contribution in [2.75, 3.05) is 20.8 Å². The Kier molecular flexibility index (Phi) is 3.54. The number of methoxy groups -OCH3 is 2. The number of hydrogen-bond donors (Lipinski definition) is 1. The molecule has 1 aromatic rings. The zero-order chi connectivity index (χ0) is 18.8. The quantitative estimate of drug-likeness (QED) is 0.627. The van der Waals surface area contributed by atoms with E-state index in [4.69, 9.17) is 19.0 Å². The topological polar surface area (TPSA) is 77.5 Å². The van der Waals surface area contributed by atoms with Gasteiger partial charge >= 0.3 is 5.97 Å². The molecule has 1 aromatic carbocycles. The molecule has 5 rings (SSSR count). The Balaban J connectivity index is 1.74. The summed E-state index contributed by atoms with van der Waals surface area (Å²) in [5.74, 6) is 0.936. The van der Waals surface area contributed by atoms with Crippen LogP contribution >= 0.6 is 0 Å². The SMILES string of the molecule is COC(=O)C1=CON2CC[C@@]34C=C[C@H](O)C[C@@H]3Oc3c(OC)ccc(c34)[C@@H]12. The molecular weight excluding hydrogens is 350 g/mol. The first kappa shape index (κ1) is 16.6. The Morgan fingerprint density at radius 1 is 1.37 bits per heavy atom. The first-order chi connectivity index (χ1) is 13.1. The zero-order valence-corrected chi connectivity index (χ0v) is 15.2. The highest BCUT2D eigenvalue weighted by Gasteiger charge is 2.56. The van der Waals surface area contributed by atoms with E-state index in [0.717, 1.165) is 17.5 Å². The molecule has 0 fully saturated rings. The van der Waals surface area contributed by atoms with Crippen LogP contribution in [0, 0.1) is 0 Å². The molecule has 142 valence electrons. The summed E-state index contributed by atoms with van der Waals surface area (Å²) < 4.78 is 16.8. The van der Waals surface area contributed by atoms with Gasteiger partial charge in [0.2, 0.25) is 0 Å². The van der Waals surface area contributed by atoms with Gasteiger partial charge < -0.3 is 24.2 Å². The summed E-state index contributed by atoms with van der Waals surface area (Å²) in [5, 5.41) is 12.0. The van der Waals surface area contributed by atoms with Gasteiger partial charge in [-0.2, -0.15) is 0 Å². The van der Waals surface area contributed by atoms with Gasteiger partial charge in [-0.15, -0.1) is 5.06 Å². The van der Waals surface area contributed by atoms with Crippen molar-refractivity contribution in [3.05, 3.63) is 47.2 Å². The molecule has 1 spiro atoms. The number of aliphatic hydroxyl groups is 1. The van der Waals surface area contributed by atoms with Crippen LogP contribution in [0.15, 0.2) is 36.1 Å². The van der Waals surface area contributed by atoms with Crippen LogP contribution in [0.1, 0.15) is 30.0 Å². The minimum absolute atomic E-state index is 0.187. The van der Waals surface area contributed by atoms with Crippen LogP contribution < -0.4 is 9.47 Å². The molecular formula is C20H21NO6. The third-order valence-corrected chi connectivity index (χ3v) is 6.10. The summed E-state index contributed by atoms with van der Waals surface area (Å²) >= 11 is 0. The number of benzene rings is 1.